The molecule has 7 heteroatoms. The molecule has 0 unspecified atom stereocenters. The summed E-state index contributed by atoms with van der Waals surface area (Å²) in [5.74, 6) is 3.84. The Kier molecular flexibility index (Phi) is 18.6. The molecule has 0 N–H and O–H groups in total. The van der Waals surface area contributed by atoms with Gasteiger partial charge in [0.2, 0.25) is 0 Å². The Morgan fingerprint density at radius 3 is 0.542 bits per heavy atom. The average Bonchev–Trinajstić information content (AvgIpc) is 0.833. The van der Waals surface area contributed by atoms with E-state index >= 15 is 0 Å². The first kappa shape index (κ1) is 65.3. The molecular weight excluding hydrogens is 1170 g/mol. The van der Waals surface area contributed by atoms with Crippen LogP contribution in [0.25, 0.3) is 105 Å². The van der Waals surface area contributed by atoms with Crippen LogP contribution in [0.3, 0.4) is 0 Å². The van der Waals surface area contributed by atoms with Crippen molar-refractivity contribution >= 4 is 53.5 Å². The van der Waals surface area contributed by atoms with Gasteiger partial charge in [-0.3, -0.25) is 0 Å². The van der Waals surface area contributed by atoms with Crippen LogP contribution in [-0.2, 0) is 21.7 Å². The third-order valence-electron chi connectivity index (χ3n) is 17.6. The van der Waals surface area contributed by atoms with Gasteiger partial charge >= 0.3 is 0 Å². The normalized spacial score (nSPS) is 12.3. The monoisotopic (exact) mass is 1250 g/mol. The van der Waals surface area contributed by atoms with Gasteiger partial charge in [-0.1, -0.05) is 331 Å². The van der Waals surface area contributed by atoms with Crippen molar-refractivity contribution in [3.63, 3.8) is 0 Å². The minimum atomic E-state index is 0.0330. The molecule has 0 aliphatic heterocycles. The summed E-state index contributed by atoms with van der Waals surface area (Å²) in [6.07, 6.45) is 13.0. The van der Waals surface area contributed by atoms with Crippen LogP contribution in [0, 0.1) is 6.92 Å². The zero-order chi connectivity index (χ0) is 67.4. The zero-order valence-electron chi connectivity index (χ0n) is 57.7. The smallest absolute Gasteiger partial charge is 0.164 e. The van der Waals surface area contributed by atoms with Gasteiger partial charge in [0, 0.05) is 50.4 Å². The second kappa shape index (κ2) is 27.3. The summed E-state index contributed by atoms with van der Waals surface area (Å²) in [7, 11) is 0. The van der Waals surface area contributed by atoms with E-state index in [1.807, 2.05) is 0 Å². The molecule has 0 fully saturated rings. The summed E-state index contributed by atoms with van der Waals surface area (Å²) in [6, 6.07) is 86.2. The highest BCUT2D eigenvalue weighted by atomic mass is 15.1. The molecule has 10 aromatic carbocycles. The predicted octanol–water partition coefficient (Wildman–Crippen LogP) is 23.5. The van der Waals surface area contributed by atoms with Crippen LogP contribution in [0.5, 0.6) is 0 Å². The van der Waals surface area contributed by atoms with Gasteiger partial charge in [-0.2, -0.15) is 0 Å². The second-order valence-electron chi connectivity index (χ2n) is 29.2. The summed E-state index contributed by atoms with van der Waals surface area (Å²) < 4.78 is 0. The van der Waals surface area contributed by atoms with Gasteiger partial charge in [0.25, 0.3) is 0 Å². The molecule has 0 bridgehead atoms. The lowest BCUT2D eigenvalue weighted by atomic mass is 9.86. The standard InChI is InChI=1S/C89H85N7/c1-60-14-16-61(17-15-60)18-21-64-28-54-77(55-29-64)96(78-56-30-65(31-57-78)22-19-62-24-34-67(35-25-62)80-90-82(69-38-46-73(47-39-69)86(2,3)4)94-83(91-80)70-40-48-74(49-41-70)87(5,6)7)79-58-32-66(33-59-79)23-20-63-26-36-68(37-27-63)81-92-84(71-42-50-75(51-43-71)88(8,9)10)95-85(93-81)72-44-52-76(53-45-72)89(11,12)13/h14-59H,1-13H3/b21-18+,22-19+,23-20+. The van der Waals surface area contributed by atoms with Gasteiger partial charge in [0.05, 0.1) is 0 Å². The number of nitrogens with zero attached hydrogens (tertiary/aromatic N) is 7. The highest BCUT2D eigenvalue weighted by molar-refractivity contribution is 5.82. The molecule has 12 aromatic rings. The summed E-state index contributed by atoms with van der Waals surface area (Å²) in [5, 5.41) is 0. The van der Waals surface area contributed by atoms with Gasteiger partial charge in [0.15, 0.2) is 34.9 Å². The Bertz CT molecular complexity index is 4320. The molecule has 0 saturated carbocycles. The van der Waals surface area contributed by atoms with Crippen LogP contribution in [0.15, 0.2) is 243 Å². The molecular formula is C89H85N7. The Hall–Kier alpha value is -10.8. The fourth-order valence-electron chi connectivity index (χ4n) is 11.4. The highest BCUT2D eigenvalue weighted by Gasteiger charge is 2.21. The van der Waals surface area contributed by atoms with E-state index in [9.17, 15) is 0 Å². The van der Waals surface area contributed by atoms with Gasteiger partial charge in [-0.25, -0.2) is 29.9 Å². The van der Waals surface area contributed by atoms with Crippen molar-refractivity contribution in [2.75, 3.05) is 4.90 Å². The Balaban J connectivity index is 0.784. The zero-order valence-corrected chi connectivity index (χ0v) is 57.7. The molecule has 0 amide bonds. The number of anilines is 3. The third kappa shape index (κ3) is 15.9. The average molecular weight is 1250 g/mol. The number of aromatic nitrogens is 6. The number of aryl methyl sites for hydroxylation is 1. The van der Waals surface area contributed by atoms with Crippen molar-refractivity contribution in [2.45, 2.75) is 112 Å². The van der Waals surface area contributed by atoms with Crippen LogP contribution in [-0.4, -0.2) is 29.9 Å². The fourth-order valence-corrected chi connectivity index (χ4v) is 11.4. The molecule has 7 nitrogen and oxygen atoms in total. The van der Waals surface area contributed by atoms with Gasteiger partial charge in [-0.05, 0) is 121 Å². The predicted molar refractivity (Wildman–Crippen MR) is 406 cm³/mol. The van der Waals surface area contributed by atoms with E-state index < -0.39 is 0 Å². The second-order valence-corrected chi connectivity index (χ2v) is 29.2. The largest absolute Gasteiger partial charge is 0.311 e. The summed E-state index contributed by atoms with van der Waals surface area (Å²) in [6.45, 7) is 28.9. The number of hydrogen-bond acceptors (Lipinski definition) is 7. The highest BCUT2D eigenvalue weighted by Crippen LogP contribution is 2.37. The Morgan fingerprint density at radius 1 is 0.208 bits per heavy atom. The van der Waals surface area contributed by atoms with Gasteiger partial charge in [0.1, 0.15) is 0 Å². The van der Waals surface area contributed by atoms with Crippen molar-refractivity contribution in [2.24, 2.45) is 0 Å². The number of rotatable bonds is 15. The lowest BCUT2D eigenvalue weighted by Gasteiger charge is -2.26. The van der Waals surface area contributed by atoms with Crippen molar-refractivity contribution in [1.29, 1.82) is 0 Å². The molecule has 0 saturated heterocycles. The van der Waals surface area contributed by atoms with Crippen molar-refractivity contribution in [1.82, 2.24) is 29.9 Å². The van der Waals surface area contributed by atoms with Crippen molar-refractivity contribution in [3.05, 3.63) is 304 Å². The quantitative estimate of drug-likeness (QED) is 0.0946. The Morgan fingerprint density at radius 2 is 0.365 bits per heavy atom. The minimum Gasteiger partial charge on any atom is -0.311 e. The van der Waals surface area contributed by atoms with E-state index in [-0.39, 0.29) is 21.7 Å². The SMILES string of the molecule is Cc1ccc(/C=C/c2ccc(N(c3ccc(/C=C/c4ccc(-c5nc(-c6ccc(C(C)(C)C)cc6)nc(-c6ccc(C(C)(C)C)cc6)n5)cc4)cc3)c3ccc(/C=C/c4ccc(-c5nc(-c6ccc(C(C)(C)C)cc6)nc(-c6ccc(C(C)(C)C)cc6)n5)cc4)cc3)cc2)cc1. The topological polar surface area (TPSA) is 80.6 Å². The van der Waals surface area contributed by atoms with Gasteiger partial charge < -0.3 is 4.90 Å². The van der Waals surface area contributed by atoms with Crippen molar-refractivity contribution < 1.29 is 0 Å². The summed E-state index contributed by atoms with van der Waals surface area (Å²) >= 11 is 0. The molecule has 12 rings (SSSR count). The molecule has 0 aliphatic carbocycles. The molecule has 2 aromatic heterocycles. The maximum atomic E-state index is 5.07. The van der Waals surface area contributed by atoms with E-state index in [4.69, 9.17) is 29.9 Å². The lowest BCUT2D eigenvalue weighted by molar-refractivity contribution is 0.590. The van der Waals surface area contributed by atoms with Crippen LogP contribution in [0.1, 0.15) is 144 Å². The maximum Gasteiger partial charge on any atom is 0.164 e. The molecule has 476 valence electrons. The first-order chi connectivity index (χ1) is 45.9. The van der Waals surface area contributed by atoms with Gasteiger partial charge in [-0.15, -0.1) is 0 Å². The van der Waals surface area contributed by atoms with Crippen LogP contribution < -0.4 is 4.90 Å². The lowest BCUT2D eigenvalue weighted by Crippen LogP contribution is -2.11. The maximum absolute atomic E-state index is 5.07. The molecule has 0 aliphatic rings. The fraction of sp³-hybridized carbons (Fsp3) is 0.191. The minimum absolute atomic E-state index is 0.0330. The first-order valence-corrected chi connectivity index (χ1v) is 33.3. The Labute approximate surface area is 568 Å². The van der Waals surface area contributed by atoms with Crippen molar-refractivity contribution in [3.8, 4) is 68.3 Å². The van der Waals surface area contributed by atoms with Crippen LogP contribution in [0.4, 0.5) is 17.1 Å². The molecule has 2 heterocycles. The summed E-state index contributed by atoms with van der Waals surface area (Å²) in [5.41, 5.74) is 21.8. The van der Waals surface area contributed by atoms with E-state index in [1.54, 1.807) is 0 Å². The number of benzene rings is 10. The van der Waals surface area contributed by atoms with Crippen LogP contribution in [0.2, 0.25) is 0 Å². The summed E-state index contributed by atoms with van der Waals surface area (Å²) in [4.78, 5) is 32.7. The van der Waals surface area contributed by atoms with E-state index in [0.29, 0.717) is 34.9 Å². The molecule has 0 spiro atoms. The molecule has 96 heavy (non-hydrogen) atoms. The van der Waals surface area contributed by atoms with E-state index in [0.717, 1.165) is 78.3 Å². The first-order valence-electron chi connectivity index (χ1n) is 33.3. The van der Waals surface area contributed by atoms with E-state index in [2.05, 4.69) is 374 Å². The third-order valence-corrected chi connectivity index (χ3v) is 17.6. The molecule has 0 atom stereocenters. The molecule has 0 radical (unpaired) electrons. The van der Waals surface area contributed by atoms with E-state index in [1.165, 1.54) is 33.4 Å². The van der Waals surface area contributed by atoms with Crippen LogP contribution >= 0.6 is 0 Å². The number of hydrogen-bond donors (Lipinski definition) is 0.